The summed E-state index contributed by atoms with van der Waals surface area (Å²) >= 11 is 0. The highest BCUT2D eigenvalue weighted by atomic mass is 16.5. The van der Waals surface area contributed by atoms with Gasteiger partial charge in [0, 0.05) is 39.9 Å². The number of carbonyl (C=O) groups excluding carboxylic acids is 3. The van der Waals surface area contributed by atoms with Crippen LogP contribution in [0, 0.1) is 0 Å². The molecule has 2 saturated heterocycles. The zero-order chi connectivity index (χ0) is 25.4. The average molecular weight is 453 g/mol. The minimum Gasteiger partial charge on any atom is -0.489 e. The fraction of sp³-hybridized carbons (Fsp3) is 0.400. The first kappa shape index (κ1) is 18.2. The van der Waals surface area contributed by atoms with Gasteiger partial charge >= 0.3 is 0 Å². The Labute approximate surface area is 196 Å². The van der Waals surface area contributed by atoms with E-state index in [2.05, 4.69) is 5.32 Å². The summed E-state index contributed by atoms with van der Waals surface area (Å²) < 4.78 is 35.2. The Morgan fingerprint density at radius 3 is 2.73 bits per heavy atom. The van der Waals surface area contributed by atoms with Gasteiger partial charge in [0.05, 0.1) is 21.1 Å². The Kier molecular flexibility index (Phi) is 5.15. The number of rotatable bonds is 6. The number of benzene rings is 2. The summed E-state index contributed by atoms with van der Waals surface area (Å²) in [6.07, 6.45) is 0.512. The van der Waals surface area contributed by atoms with Crippen LogP contribution in [-0.4, -0.2) is 59.8 Å². The van der Waals surface area contributed by atoms with Gasteiger partial charge in [0.25, 0.3) is 5.91 Å². The second-order valence-corrected chi connectivity index (χ2v) is 8.26. The third kappa shape index (κ3) is 4.62. The lowest BCUT2D eigenvalue weighted by atomic mass is 10.0. The first-order valence-corrected chi connectivity index (χ1v) is 10.9. The van der Waals surface area contributed by atoms with Crippen LogP contribution in [0.15, 0.2) is 42.5 Å². The molecule has 0 spiro atoms. The van der Waals surface area contributed by atoms with Crippen LogP contribution in [0.25, 0.3) is 0 Å². The van der Waals surface area contributed by atoms with Crippen LogP contribution in [0.2, 0.25) is 0 Å². The molecule has 4 atom stereocenters. The molecule has 0 aliphatic carbocycles. The van der Waals surface area contributed by atoms with E-state index in [0.717, 1.165) is 16.7 Å². The molecule has 3 aliphatic rings. The molecule has 0 saturated carbocycles. The van der Waals surface area contributed by atoms with Crippen LogP contribution in [0.4, 0.5) is 0 Å². The first-order chi connectivity index (χ1) is 17.3. The number of fused-ring (bicyclic) bond motifs is 1. The van der Waals surface area contributed by atoms with Crippen LogP contribution in [0.5, 0.6) is 5.75 Å². The van der Waals surface area contributed by atoms with E-state index in [1.807, 2.05) is 24.3 Å². The third-order valence-corrected chi connectivity index (χ3v) is 6.08. The zero-order valence-electron chi connectivity index (χ0n) is 21.0. The van der Waals surface area contributed by atoms with Crippen LogP contribution in [0.3, 0.4) is 0 Å². The van der Waals surface area contributed by atoms with Crippen molar-refractivity contribution in [3.63, 3.8) is 0 Å². The Balaban J connectivity index is 1.23. The van der Waals surface area contributed by atoms with E-state index in [1.54, 1.807) is 23.1 Å². The predicted molar refractivity (Wildman–Crippen MR) is 119 cm³/mol. The van der Waals surface area contributed by atoms with Crippen molar-refractivity contribution in [3.05, 3.63) is 64.7 Å². The number of ether oxygens (including phenoxy) is 2. The molecular formula is C25H27N3O5. The second kappa shape index (κ2) is 9.33. The molecule has 8 heteroatoms. The summed E-state index contributed by atoms with van der Waals surface area (Å²) in [6, 6.07) is 12.2. The standard InChI is InChI=1S/C25H27N3O5/c29-23-9-8-21(24(30)26-23)28-15-20-19(25(28)31)2-1-3-22(20)33-16-18-6-4-17(5-7-18)14-27-10-12-32-13-11-27/h1-7,21H,8-16H2,(H,26,29,30)/i10D,11D,12D. The summed E-state index contributed by atoms with van der Waals surface area (Å²) in [6.45, 7) is -1.56. The summed E-state index contributed by atoms with van der Waals surface area (Å²) in [7, 11) is 0. The SMILES string of the molecule is [2H]C1OCC([2H])N(Cc2ccc(COc3cccc4c3CN(C3CCC(=O)NC3=O)C4=O)cc2)C1[2H]. The molecule has 2 aromatic rings. The molecule has 0 bridgehead atoms. The summed E-state index contributed by atoms with van der Waals surface area (Å²) in [5.41, 5.74) is 3.06. The van der Waals surface area contributed by atoms with Gasteiger partial charge in [-0.25, -0.2) is 0 Å². The molecule has 4 unspecified atom stereocenters. The number of hydrogen-bond donors (Lipinski definition) is 1. The van der Waals surface area contributed by atoms with Gasteiger partial charge in [-0.15, -0.1) is 0 Å². The molecule has 3 aliphatic heterocycles. The minimum absolute atomic E-state index is 0.111. The number of carbonyl (C=O) groups is 3. The van der Waals surface area contributed by atoms with Gasteiger partial charge in [-0.3, -0.25) is 24.6 Å². The van der Waals surface area contributed by atoms with Crippen molar-refractivity contribution in [2.75, 3.05) is 26.2 Å². The van der Waals surface area contributed by atoms with E-state index < -0.39 is 31.6 Å². The van der Waals surface area contributed by atoms with Gasteiger partial charge in [0.1, 0.15) is 18.4 Å². The van der Waals surface area contributed by atoms with Crippen LogP contribution < -0.4 is 10.1 Å². The molecule has 8 nitrogen and oxygen atoms in total. The average Bonchev–Trinajstić information content (AvgIpc) is 3.20. The van der Waals surface area contributed by atoms with E-state index >= 15 is 0 Å². The Morgan fingerprint density at radius 2 is 1.91 bits per heavy atom. The molecule has 172 valence electrons. The summed E-state index contributed by atoms with van der Waals surface area (Å²) in [4.78, 5) is 39.9. The molecule has 2 aromatic carbocycles. The largest absolute Gasteiger partial charge is 0.489 e. The highest BCUT2D eigenvalue weighted by Gasteiger charge is 2.40. The number of hydrogen-bond acceptors (Lipinski definition) is 6. The van der Waals surface area contributed by atoms with Crippen LogP contribution >= 0.6 is 0 Å². The van der Waals surface area contributed by atoms with E-state index in [4.69, 9.17) is 13.6 Å². The van der Waals surface area contributed by atoms with Gasteiger partial charge in [-0.05, 0) is 29.7 Å². The molecule has 33 heavy (non-hydrogen) atoms. The summed E-state index contributed by atoms with van der Waals surface area (Å²) in [5.74, 6) is -0.435. The zero-order valence-corrected chi connectivity index (χ0v) is 18.0. The maximum Gasteiger partial charge on any atom is 0.255 e. The number of amides is 3. The lowest BCUT2D eigenvalue weighted by Gasteiger charge is -2.29. The van der Waals surface area contributed by atoms with Gasteiger partial charge < -0.3 is 14.4 Å². The Hall–Kier alpha value is -3.23. The Bertz CT molecular complexity index is 1180. The number of imide groups is 1. The lowest BCUT2D eigenvalue weighted by molar-refractivity contribution is -0.136. The summed E-state index contributed by atoms with van der Waals surface area (Å²) in [5, 5.41) is 2.31. The van der Waals surface area contributed by atoms with Crippen molar-refractivity contribution in [3.8, 4) is 5.75 Å². The monoisotopic (exact) mass is 452 g/mol. The highest BCUT2D eigenvalue weighted by molar-refractivity contribution is 6.05. The van der Waals surface area contributed by atoms with Gasteiger partial charge in [0.2, 0.25) is 11.8 Å². The van der Waals surface area contributed by atoms with E-state index in [1.165, 1.54) is 4.90 Å². The van der Waals surface area contributed by atoms with E-state index in [0.29, 0.717) is 24.3 Å². The minimum atomic E-state index is -0.982. The third-order valence-electron chi connectivity index (χ3n) is 6.08. The van der Waals surface area contributed by atoms with Crippen molar-refractivity contribution in [1.29, 1.82) is 0 Å². The van der Waals surface area contributed by atoms with Crippen molar-refractivity contribution in [2.45, 2.75) is 38.6 Å². The quantitative estimate of drug-likeness (QED) is 0.674. The van der Waals surface area contributed by atoms with Crippen molar-refractivity contribution in [1.82, 2.24) is 15.1 Å². The fourth-order valence-corrected chi connectivity index (χ4v) is 4.30. The second-order valence-electron chi connectivity index (χ2n) is 8.26. The predicted octanol–water partition coefficient (Wildman–Crippen LogP) is 1.86. The molecule has 0 aromatic heterocycles. The lowest BCUT2D eigenvalue weighted by Crippen LogP contribution is -2.52. The number of nitrogens with one attached hydrogen (secondary N) is 1. The topological polar surface area (TPSA) is 88.2 Å². The number of nitrogens with zero attached hydrogens (tertiary/aromatic N) is 2. The van der Waals surface area contributed by atoms with Gasteiger partial charge in [-0.1, -0.05) is 30.3 Å². The Morgan fingerprint density at radius 1 is 1.09 bits per heavy atom. The fourth-order valence-electron chi connectivity index (χ4n) is 4.30. The van der Waals surface area contributed by atoms with Crippen molar-refractivity contribution < 1.29 is 28.0 Å². The molecule has 2 fully saturated rings. The van der Waals surface area contributed by atoms with Crippen molar-refractivity contribution >= 4 is 17.7 Å². The molecule has 3 amide bonds. The smallest absolute Gasteiger partial charge is 0.255 e. The number of morpholine rings is 1. The van der Waals surface area contributed by atoms with Gasteiger partial charge in [-0.2, -0.15) is 0 Å². The number of piperidine rings is 1. The molecular weight excluding hydrogens is 422 g/mol. The molecule has 1 N–H and O–H groups in total. The molecule has 3 heterocycles. The first-order valence-electron chi connectivity index (χ1n) is 12.7. The highest BCUT2D eigenvalue weighted by Crippen LogP contribution is 2.34. The maximum atomic E-state index is 13.0. The molecule has 0 radical (unpaired) electrons. The van der Waals surface area contributed by atoms with Crippen LogP contribution in [-0.2, 0) is 34.0 Å². The van der Waals surface area contributed by atoms with E-state index in [9.17, 15) is 14.4 Å². The van der Waals surface area contributed by atoms with Gasteiger partial charge in [0.15, 0.2) is 0 Å². The molecule has 5 rings (SSSR count). The maximum absolute atomic E-state index is 13.0. The van der Waals surface area contributed by atoms with Crippen molar-refractivity contribution in [2.24, 2.45) is 0 Å². The van der Waals surface area contributed by atoms with Crippen LogP contribution in [0.1, 0.15) is 44.0 Å². The van der Waals surface area contributed by atoms with E-state index in [-0.39, 0.29) is 38.0 Å². The normalized spacial score (nSPS) is 29.2.